The van der Waals surface area contributed by atoms with E-state index < -0.39 is 29.6 Å². The van der Waals surface area contributed by atoms with Crippen LogP contribution in [0.1, 0.15) is 23.0 Å². The number of hydrogen-bond donors (Lipinski definition) is 2. The molecule has 0 saturated carbocycles. The molecule has 26 heavy (non-hydrogen) atoms. The van der Waals surface area contributed by atoms with E-state index in [2.05, 4.69) is 10.6 Å². The quantitative estimate of drug-likeness (QED) is 0.721. The topological polar surface area (TPSA) is 84.5 Å². The minimum absolute atomic E-state index is 0.0441. The first-order valence-electron chi connectivity index (χ1n) is 7.64. The molecule has 0 aliphatic heterocycles. The number of carbonyl (C=O) groups excluding carboxylic acids is 3. The maximum absolute atomic E-state index is 13.5. The number of esters is 1. The molecule has 138 valence electrons. The van der Waals surface area contributed by atoms with E-state index in [9.17, 15) is 23.2 Å². The molecule has 0 bridgehead atoms. The fourth-order valence-corrected chi connectivity index (χ4v) is 2.55. The van der Waals surface area contributed by atoms with Crippen molar-refractivity contribution in [3.8, 4) is 0 Å². The molecule has 2 aromatic rings. The fourth-order valence-electron chi connectivity index (χ4n) is 1.91. The highest BCUT2D eigenvalue weighted by Gasteiger charge is 2.19. The second kappa shape index (κ2) is 9.04. The van der Waals surface area contributed by atoms with Crippen LogP contribution in [0.25, 0.3) is 0 Å². The normalized spacial score (nSPS) is 11.5. The molecule has 1 heterocycles. The number of nitrogens with one attached hydrogen (secondary N) is 2. The molecular formula is C17H16F2N2O4S. The number of thiophene rings is 1. The van der Waals surface area contributed by atoms with Gasteiger partial charge in [-0.1, -0.05) is 6.07 Å². The summed E-state index contributed by atoms with van der Waals surface area (Å²) in [6.07, 6.45) is -1.35. The Morgan fingerprint density at radius 2 is 2.00 bits per heavy atom. The molecule has 2 amide bonds. The van der Waals surface area contributed by atoms with Gasteiger partial charge in [-0.3, -0.25) is 14.4 Å². The molecule has 1 unspecified atom stereocenters. The van der Waals surface area contributed by atoms with Gasteiger partial charge in [-0.25, -0.2) is 8.78 Å². The highest BCUT2D eigenvalue weighted by molar-refractivity contribution is 7.12. The number of carbonyl (C=O) groups is 3. The second-order valence-electron chi connectivity index (χ2n) is 5.23. The van der Waals surface area contributed by atoms with Gasteiger partial charge in [-0.2, -0.15) is 0 Å². The Hall–Kier alpha value is -2.81. The zero-order valence-corrected chi connectivity index (χ0v) is 14.6. The molecule has 0 radical (unpaired) electrons. The van der Waals surface area contributed by atoms with Crippen LogP contribution in [0.2, 0.25) is 0 Å². The molecule has 2 rings (SSSR count). The molecule has 0 fully saturated rings. The molecule has 6 nitrogen and oxygen atoms in total. The monoisotopic (exact) mass is 382 g/mol. The summed E-state index contributed by atoms with van der Waals surface area (Å²) >= 11 is 1.27. The highest BCUT2D eigenvalue weighted by Crippen LogP contribution is 2.16. The number of amides is 2. The molecule has 0 aliphatic rings. The van der Waals surface area contributed by atoms with Gasteiger partial charge in [-0.15, -0.1) is 11.3 Å². The molecular weight excluding hydrogens is 366 g/mol. The van der Waals surface area contributed by atoms with E-state index in [0.717, 1.165) is 18.2 Å². The average molecular weight is 382 g/mol. The first kappa shape index (κ1) is 19.5. The van der Waals surface area contributed by atoms with Crippen molar-refractivity contribution in [2.24, 2.45) is 0 Å². The van der Waals surface area contributed by atoms with Crippen LogP contribution in [0.15, 0.2) is 35.7 Å². The average Bonchev–Trinajstić information content (AvgIpc) is 3.12. The van der Waals surface area contributed by atoms with Crippen molar-refractivity contribution >= 4 is 34.8 Å². The largest absolute Gasteiger partial charge is 0.452 e. The van der Waals surface area contributed by atoms with Crippen LogP contribution in [-0.2, 0) is 14.3 Å². The van der Waals surface area contributed by atoms with Crippen LogP contribution in [0.4, 0.5) is 14.5 Å². The van der Waals surface area contributed by atoms with Crippen LogP contribution in [0.5, 0.6) is 0 Å². The standard InChI is InChI=1S/C17H16F2N2O4S/c1-10(16(23)21-13-9-11(18)4-5-12(13)19)25-15(22)6-7-20-17(24)14-3-2-8-26-14/h2-5,8-10H,6-7H2,1H3,(H,20,24)(H,21,23). The van der Waals surface area contributed by atoms with E-state index in [0.29, 0.717) is 4.88 Å². The van der Waals surface area contributed by atoms with Crippen molar-refractivity contribution in [1.29, 1.82) is 0 Å². The molecule has 9 heteroatoms. The summed E-state index contributed by atoms with van der Waals surface area (Å²) < 4.78 is 31.5. The molecule has 0 saturated heterocycles. The van der Waals surface area contributed by atoms with Gasteiger partial charge in [0.05, 0.1) is 17.0 Å². The van der Waals surface area contributed by atoms with Gasteiger partial charge in [0.25, 0.3) is 11.8 Å². The Morgan fingerprint density at radius 3 is 2.69 bits per heavy atom. The highest BCUT2D eigenvalue weighted by atomic mass is 32.1. The second-order valence-corrected chi connectivity index (χ2v) is 6.18. The Balaban J connectivity index is 1.76. The van der Waals surface area contributed by atoms with Crippen LogP contribution in [-0.4, -0.2) is 30.4 Å². The number of hydrogen-bond acceptors (Lipinski definition) is 5. The first-order chi connectivity index (χ1) is 12.4. The van der Waals surface area contributed by atoms with E-state index in [1.807, 2.05) is 0 Å². The lowest BCUT2D eigenvalue weighted by molar-refractivity contribution is -0.153. The summed E-state index contributed by atoms with van der Waals surface area (Å²) in [5.41, 5.74) is -0.346. The molecule has 1 aromatic heterocycles. The fraction of sp³-hybridized carbons (Fsp3) is 0.235. The number of ether oxygens (including phenoxy) is 1. The third-order valence-electron chi connectivity index (χ3n) is 3.22. The van der Waals surface area contributed by atoms with Gasteiger partial charge in [0.1, 0.15) is 11.6 Å². The van der Waals surface area contributed by atoms with Crippen molar-refractivity contribution < 1.29 is 27.9 Å². The zero-order chi connectivity index (χ0) is 19.1. The number of halogens is 2. The summed E-state index contributed by atoms with van der Waals surface area (Å²) in [4.78, 5) is 35.8. The van der Waals surface area contributed by atoms with E-state index in [4.69, 9.17) is 4.74 Å². The predicted octanol–water partition coefficient (Wildman–Crippen LogP) is 2.72. The summed E-state index contributed by atoms with van der Waals surface area (Å²) in [6.45, 7) is 1.34. The van der Waals surface area contributed by atoms with E-state index in [1.54, 1.807) is 17.5 Å². The van der Waals surface area contributed by atoms with Crippen molar-refractivity contribution in [3.05, 3.63) is 52.2 Å². The first-order valence-corrected chi connectivity index (χ1v) is 8.52. The molecule has 0 spiro atoms. The van der Waals surface area contributed by atoms with Gasteiger partial charge in [0.15, 0.2) is 6.10 Å². The van der Waals surface area contributed by atoms with E-state index >= 15 is 0 Å². The predicted molar refractivity (Wildman–Crippen MR) is 91.8 cm³/mol. The van der Waals surface area contributed by atoms with Gasteiger partial charge < -0.3 is 15.4 Å². The molecule has 1 atom stereocenters. The Kier molecular flexibility index (Phi) is 6.79. The van der Waals surface area contributed by atoms with Crippen molar-refractivity contribution in [2.45, 2.75) is 19.4 Å². The maximum Gasteiger partial charge on any atom is 0.308 e. The van der Waals surface area contributed by atoms with Gasteiger partial charge >= 0.3 is 5.97 Å². The Morgan fingerprint density at radius 1 is 1.23 bits per heavy atom. The third kappa shape index (κ3) is 5.62. The molecule has 2 N–H and O–H groups in total. The maximum atomic E-state index is 13.5. The van der Waals surface area contributed by atoms with E-state index in [1.165, 1.54) is 18.3 Å². The number of benzene rings is 1. The molecule has 1 aromatic carbocycles. The van der Waals surface area contributed by atoms with Crippen LogP contribution in [0, 0.1) is 11.6 Å². The van der Waals surface area contributed by atoms with Crippen LogP contribution < -0.4 is 10.6 Å². The molecule has 0 aliphatic carbocycles. The van der Waals surface area contributed by atoms with Crippen molar-refractivity contribution in [1.82, 2.24) is 5.32 Å². The summed E-state index contributed by atoms with van der Waals surface area (Å²) in [5.74, 6) is -3.34. The van der Waals surface area contributed by atoms with Gasteiger partial charge in [-0.05, 0) is 30.5 Å². The van der Waals surface area contributed by atoms with Gasteiger partial charge in [0.2, 0.25) is 0 Å². The SMILES string of the molecule is CC(OC(=O)CCNC(=O)c1cccs1)C(=O)Nc1cc(F)ccc1F. The van der Waals surface area contributed by atoms with Crippen LogP contribution in [0.3, 0.4) is 0 Å². The van der Waals surface area contributed by atoms with E-state index in [-0.39, 0.29) is 24.6 Å². The smallest absolute Gasteiger partial charge is 0.308 e. The minimum Gasteiger partial charge on any atom is -0.452 e. The zero-order valence-electron chi connectivity index (χ0n) is 13.8. The summed E-state index contributed by atoms with van der Waals surface area (Å²) in [5, 5.41) is 6.46. The van der Waals surface area contributed by atoms with Crippen molar-refractivity contribution in [2.75, 3.05) is 11.9 Å². The number of rotatable bonds is 7. The Labute approximate surface area is 152 Å². The lowest BCUT2D eigenvalue weighted by Crippen LogP contribution is -2.32. The third-order valence-corrected chi connectivity index (χ3v) is 4.09. The summed E-state index contributed by atoms with van der Waals surface area (Å²) in [7, 11) is 0. The van der Waals surface area contributed by atoms with Gasteiger partial charge in [0, 0.05) is 12.6 Å². The lowest BCUT2D eigenvalue weighted by Gasteiger charge is -2.14. The minimum atomic E-state index is -1.21. The lowest BCUT2D eigenvalue weighted by atomic mass is 10.2. The summed E-state index contributed by atoms with van der Waals surface area (Å²) in [6, 6.07) is 5.99. The number of anilines is 1. The van der Waals surface area contributed by atoms with Crippen LogP contribution >= 0.6 is 11.3 Å². The Bertz CT molecular complexity index is 796. The van der Waals surface area contributed by atoms with Crippen molar-refractivity contribution in [3.63, 3.8) is 0 Å².